The molecule has 0 spiro atoms. The maximum atomic E-state index is 12.8. The summed E-state index contributed by atoms with van der Waals surface area (Å²) in [7, 11) is 0. The second-order valence-electron chi connectivity index (χ2n) is 6.98. The largest absolute Gasteiger partial charge is 0.471 e. The fraction of sp³-hybridized carbons (Fsp3) is 0.400. The van der Waals surface area contributed by atoms with E-state index in [-0.39, 0.29) is 24.6 Å². The number of piperidine rings is 1. The predicted molar refractivity (Wildman–Crippen MR) is 103 cm³/mol. The number of aromatic nitrogens is 2. The van der Waals surface area contributed by atoms with Gasteiger partial charge in [-0.05, 0) is 31.0 Å². The first kappa shape index (κ1) is 18.2. The van der Waals surface area contributed by atoms with Gasteiger partial charge in [0.15, 0.2) is 0 Å². The van der Waals surface area contributed by atoms with E-state index in [1.165, 1.54) is 0 Å². The molecule has 2 aliphatic heterocycles. The highest BCUT2D eigenvalue weighted by Crippen LogP contribution is 2.21. The smallest absolute Gasteiger partial charge is 0.325 e. The molecule has 0 radical (unpaired) electrons. The second kappa shape index (κ2) is 8.24. The lowest BCUT2D eigenvalue weighted by molar-refractivity contribution is -0.134. The lowest BCUT2D eigenvalue weighted by atomic mass is 10.1. The number of amides is 3. The Balaban J connectivity index is 1.33. The molecular formula is C20H23N5O3. The van der Waals surface area contributed by atoms with Crippen LogP contribution in [-0.2, 0) is 4.79 Å². The molecule has 1 atom stereocenters. The summed E-state index contributed by atoms with van der Waals surface area (Å²) in [5.74, 6) is 0.422. The van der Waals surface area contributed by atoms with Gasteiger partial charge in [0.05, 0.1) is 6.54 Å². The Morgan fingerprint density at radius 1 is 1.11 bits per heavy atom. The normalized spacial score (nSPS) is 19.8. The quantitative estimate of drug-likeness (QED) is 0.789. The van der Waals surface area contributed by atoms with Gasteiger partial charge in [-0.1, -0.05) is 18.2 Å². The first-order valence-electron chi connectivity index (χ1n) is 9.54. The van der Waals surface area contributed by atoms with E-state index in [0.717, 1.165) is 18.5 Å². The minimum Gasteiger partial charge on any atom is -0.471 e. The third-order valence-corrected chi connectivity index (χ3v) is 5.06. The summed E-state index contributed by atoms with van der Waals surface area (Å²) < 4.78 is 5.85. The molecular weight excluding hydrogens is 358 g/mol. The number of likely N-dealkylation sites (tertiary alicyclic amines) is 1. The van der Waals surface area contributed by atoms with E-state index in [4.69, 9.17) is 4.74 Å². The number of nitrogens with zero attached hydrogens (tertiary/aromatic N) is 5. The van der Waals surface area contributed by atoms with Crippen LogP contribution in [0, 0.1) is 0 Å². The van der Waals surface area contributed by atoms with Crippen molar-refractivity contribution in [2.75, 3.05) is 37.6 Å². The lowest BCUT2D eigenvalue weighted by Gasteiger charge is -2.33. The summed E-state index contributed by atoms with van der Waals surface area (Å²) >= 11 is 0. The lowest BCUT2D eigenvalue weighted by Crippen LogP contribution is -2.48. The maximum absolute atomic E-state index is 12.8. The standard InChI is InChI=1S/C20H23N5O3/c26-19(15-24-12-13-25(20(24)27)16-6-2-1-3-7-16)23-11-5-8-17(14-23)28-18-9-4-10-21-22-18/h1-4,6-7,9-10,17H,5,8,11-15H2/t17-/m1/s1. The number of carbonyl (C=O) groups excluding carboxylic acids is 2. The van der Waals surface area contributed by atoms with E-state index in [2.05, 4.69) is 10.2 Å². The average molecular weight is 381 g/mol. The number of benzene rings is 1. The van der Waals surface area contributed by atoms with Crippen molar-refractivity contribution >= 4 is 17.6 Å². The number of hydrogen-bond donors (Lipinski definition) is 0. The molecule has 0 aliphatic carbocycles. The van der Waals surface area contributed by atoms with Crippen LogP contribution in [0.25, 0.3) is 0 Å². The van der Waals surface area contributed by atoms with E-state index in [1.807, 2.05) is 30.3 Å². The first-order chi connectivity index (χ1) is 13.7. The summed E-state index contributed by atoms with van der Waals surface area (Å²) in [6.07, 6.45) is 3.21. The minimum atomic E-state index is -0.121. The van der Waals surface area contributed by atoms with Gasteiger partial charge < -0.3 is 14.5 Å². The molecule has 8 nitrogen and oxygen atoms in total. The summed E-state index contributed by atoms with van der Waals surface area (Å²) in [6.45, 7) is 2.42. The molecule has 2 aliphatic rings. The van der Waals surface area contributed by atoms with Crippen LogP contribution in [0.15, 0.2) is 48.7 Å². The van der Waals surface area contributed by atoms with Gasteiger partial charge in [-0.2, -0.15) is 5.10 Å². The summed E-state index contributed by atoms with van der Waals surface area (Å²) in [5.41, 5.74) is 0.859. The summed E-state index contributed by atoms with van der Waals surface area (Å²) in [5, 5.41) is 7.75. The molecule has 0 bridgehead atoms. The number of ether oxygens (including phenoxy) is 1. The van der Waals surface area contributed by atoms with Gasteiger partial charge in [-0.25, -0.2) is 4.79 Å². The van der Waals surface area contributed by atoms with Gasteiger partial charge in [0.2, 0.25) is 11.8 Å². The minimum absolute atomic E-state index is 0.0456. The maximum Gasteiger partial charge on any atom is 0.325 e. The molecule has 2 fully saturated rings. The van der Waals surface area contributed by atoms with E-state index in [9.17, 15) is 9.59 Å². The van der Waals surface area contributed by atoms with Crippen LogP contribution in [0.1, 0.15) is 12.8 Å². The predicted octanol–water partition coefficient (Wildman–Crippen LogP) is 1.79. The van der Waals surface area contributed by atoms with Crippen LogP contribution < -0.4 is 9.64 Å². The van der Waals surface area contributed by atoms with Crippen LogP contribution in [0.5, 0.6) is 5.88 Å². The number of anilines is 1. The fourth-order valence-electron chi connectivity index (χ4n) is 3.62. The van der Waals surface area contributed by atoms with Crippen LogP contribution in [-0.4, -0.2) is 70.8 Å². The summed E-state index contributed by atoms with van der Waals surface area (Å²) in [6, 6.07) is 12.9. The highest BCUT2D eigenvalue weighted by molar-refractivity contribution is 5.96. The molecule has 3 amide bonds. The molecule has 0 N–H and O–H groups in total. The van der Waals surface area contributed by atoms with E-state index in [1.54, 1.807) is 33.0 Å². The Kier molecular flexibility index (Phi) is 5.36. The monoisotopic (exact) mass is 381 g/mol. The zero-order valence-corrected chi connectivity index (χ0v) is 15.6. The molecule has 0 unspecified atom stereocenters. The van der Waals surface area contributed by atoms with Crippen molar-refractivity contribution < 1.29 is 14.3 Å². The molecule has 3 heterocycles. The van der Waals surface area contributed by atoms with Crippen molar-refractivity contribution in [1.29, 1.82) is 0 Å². The topological polar surface area (TPSA) is 78.9 Å². The number of urea groups is 1. The zero-order chi connectivity index (χ0) is 19.3. The van der Waals surface area contributed by atoms with Crippen LogP contribution in [0.2, 0.25) is 0 Å². The Morgan fingerprint density at radius 2 is 1.96 bits per heavy atom. The third-order valence-electron chi connectivity index (χ3n) is 5.06. The van der Waals surface area contributed by atoms with Gasteiger partial charge in [-0.15, -0.1) is 5.10 Å². The van der Waals surface area contributed by atoms with Crippen molar-refractivity contribution in [3.63, 3.8) is 0 Å². The molecule has 1 aromatic carbocycles. The molecule has 2 aromatic rings. The van der Waals surface area contributed by atoms with Crippen LogP contribution >= 0.6 is 0 Å². The number of para-hydroxylation sites is 1. The fourth-order valence-corrected chi connectivity index (χ4v) is 3.62. The Labute approximate surface area is 163 Å². The van der Waals surface area contributed by atoms with E-state index < -0.39 is 0 Å². The average Bonchev–Trinajstić information content (AvgIpc) is 3.10. The molecule has 4 rings (SSSR count). The van der Waals surface area contributed by atoms with Crippen molar-refractivity contribution in [3.8, 4) is 5.88 Å². The number of hydrogen-bond acceptors (Lipinski definition) is 5. The third kappa shape index (κ3) is 4.05. The SMILES string of the molecule is O=C(CN1CCN(c2ccccc2)C1=O)N1CCC[C@@H](Oc2cccnn2)C1. The Bertz CT molecular complexity index is 817. The van der Waals surface area contributed by atoms with Crippen LogP contribution in [0.3, 0.4) is 0 Å². The zero-order valence-electron chi connectivity index (χ0n) is 15.6. The number of carbonyl (C=O) groups is 2. The van der Waals surface area contributed by atoms with Crippen molar-refractivity contribution in [2.45, 2.75) is 18.9 Å². The van der Waals surface area contributed by atoms with Gasteiger partial charge >= 0.3 is 6.03 Å². The van der Waals surface area contributed by atoms with Crippen molar-refractivity contribution in [1.82, 2.24) is 20.0 Å². The van der Waals surface area contributed by atoms with Gasteiger partial charge in [0.25, 0.3) is 0 Å². The highest BCUT2D eigenvalue weighted by atomic mass is 16.5. The summed E-state index contributed by atoms with van der Waals surface area (Å²) in [4.78, 5) is 30.5. The van der Waals surface area contributed by atoms with Crippen LogP contribution in [0.4, 0.5) is 10.5 Å². The first-order valence-corrected chi connectivity index (χ1v) is 9.54. The molecule has 2 saturated heterocycles. The molecule has 146 valence electrons. The van der Waals surface area contributed by atoms with E-state index in [0.29, 0.717) is 32.1 Å². The number of rotatable bonds is 5. The second-order valence-corrected chi connectivity index (χ2v) is 6.98. The Morgan fingerprint density at radius 3 is 2.75 bits per heavy atom. The molecule has 1 aromatic heterocycles. The van der Waals surface area contributed by atoms with Gasteiger partial charge in [0.1, 0.15) is 12.6 Å². The molecule has 28 heavy (non-hydrogen) atoms. The van der Waals surface area contributed by atoms with Gasteiger partial charge in [0, 0.05) is 37.6 Å². The van der Waals surface area contributed by atoms with Gasteiger partial charge in [-0.3, -0.25) is 9.69 Å². The highest BCUT2D eigenvalue weighted by Gasteiger charge is 2.33. The van der Waals surface area contributed by atoms with Crippen molar-refractivity contribution in [3.05, 3.63) is 48.7 Å². The van der Waals surface area contributed by atoms with E-state index >= 15 is 0 Å². The molecule has 0 saturated carbocycles. The Hall–Kier alpha value is -3.16. The molecule has 8 heteroatoms. The van der Waals surface area contributed by atoms with Crippen molar-refractivity contribution in [2.24, 2.45) is 0 Å².